The zero-order chi connectivity index (χ0) is 17.9. The largest absolute Gasteiger partial charge is 0.394 e. The Hall–Kier alpha value is -1.03. The van der Waals surface area contributed by atoms with Crippen molar-refractivity contribution in [3.8, 4) is 0 Å². The number of unbranched alkanes of at least 4 members (excludes halogenated alkanes) is 2. The van der Waals surface area contributed by atoms with E-state index in [9.17, 15) is 20.1 Å². The van der Waals surface area contributed by atoms with Gasteiger partial charge in [-0.25, -0.2) is 0 Å². The molecule has 140 valence electrons. The average molecular weight is 347 g/mol. The number of carbonyl (C=O) groups is 1. The van der Waals surface area contributed by atoms with Crippen LogP contribution in [0.5, 0.6) is 0 Å². The van der Waals surface area contributed by atoms with Gasteiger partial charge in [-0.15, -0.1) is 6.58 Å². The maximum Gasteiger partial charge on any atom is 0.217 e. The summed E-state index contributed by atoms with van der Waals surface area (Å²) >= 11 is 0. The van der Waals surface area contributed by atoms with Crippen molar-refractivity contribution in [2.75, 3.05) is 26.4 Å². The Morgan fingerprint density at radius 2 is 1.96 bits per heavy atom. The molecule has 0 spiro atoms. The lowest BCUT2D eigenvalue weighted by Gasteiger charge is -2.42. The van der Waals surface area contributed by atoms with Crippen molar-refractivity contribution in [3.05, 3.63) is 12.7 Å². The number of aliphatic hydroxyl groups excluding tert-OH is 3. The van der Waals surface area contributed by atoms with Crippen molar-refractivity contribution >= 4 is 5.91 Å². The highest BCUT2D eigenvalue weighted by atomic mass is 16.7. The molecule has 24 heavy (non-hydrogen) atoms. The van der Waals surface area contributed by atoms with Crippen LogP contribution in [0, 0.1) is 0 Å². The third-order valence-corrected chi connectivity index (χ3v) is 3.70. The first-order chi connectivity index (χ1) is 11.5. The lowest BCUT2D eigenvalue weighted by Crippen LogP contribution is -2.64. The molecule has 0 saturated carbocycles. The summed E-state index contributed by atoms with van der Waals surface area (Å²) in [5.41, 5.74) is 0. The fourth-order valence-electron chi connectivity index (χ4n) is 2.46. The molecule has 0 aromatic heterocycles. The lowest BCUT2D eigenvalue weighted by molar-refractivity contribution is -0.270. The van der Waals surface area contributed by atoms with E-state index in [0.717, 1.165) is 19.3 Å². The Morgan fingerprint density at radius 1 is 1.25 bits per heavy atom. The molecule has 1 aliphatic heterocycles. The van der Waals surface area contributed by atoms with Crippen LogP contribution in [0.4, 0.5) is 0 Å². The fraction of sp³-hybridized carbons (Fsp3) is 0.812. The normalized spacial score (nSPS) is 30.1. The first-order valence-electron chi connectivity index (χ1n) is 8.21. The van der Waals surface area contributed by atoms with E-state index in [0.29, 0.717) is 19.8 Å². The van der Waals surface area contributed by atoms with Crippen molar-refractivity contribution in [3.63, 3.8) is 0 Å². The number of hydrogen-bond acceptors (Lipinski definition) is 7. The molecule has 1 unspecified atom stereocenters. The second-order valence-electron chi connectivity index (χ2n) is 5.73. The van der Waals surface area contributed by atoms with Crippen molar-refractivity contribution in [1.82, 2.24) is 5.32 Å². The van der Waals surface area contributed by atoms with Gasteiger partial charge in [-0.1, -0.05) is 6.08 Å². The van der Waals surface area contributed by atoms with Crippen LogP contribution in [0.25, 0.3) is 0 Å². The quantitative estimate of drug-likeness (QED) is 0.289. The fourth-order valence-corrected chi connectivity index (χ4v) is 2.46. The van der Waals surface area contributed by atoms with Gasteiger partial charge in [-0.2, -0.15) is 0 Å². The van der Waals surface area contributed by atoms with Gasteiger partial charge in [-0.3, -0.25) is 4.79 Å². The second kappa shape index (κ2) is 11.5. The van der Waals surface area contributed by atoms with Crippen LogP contribution in [0.3, 0.4) is 0 Å². The number of amides is 1. The van der Waals surface area contributed by atoms with Crippen LogP contribution < -0.4 is 5.32 Å². The highest BCUT2D eigenvalue weighted by Crippen LogP contribution is 2.22. The van der Waals surface area contributed by atoms with E-state index < -0.39 is 37.3 Å². The SMILES string of the molecule is C=CCOCCCCCOC1O[C@H](CO)[C@@H](O)[C@H](O)[C@H]1NC(C)=O. The van der Waals surface area contributed by atoms with Gasteiger partial charge >= 0.3 is 0 Å². The Bertz CT molecular complexity index is 379. The van der Waals surface area contributed by atoms with Gasteiger partial charge in [0.1, 0.15) is 24.4 Å². The summed E-state index contributed by atoms with van der Waals surface area (Å²) in [6.07, 6.45) is -0.230. The molecule has 8 nitrogen and oxygen atoms in total. The number of carbonyl (C=O) groups excluding carboxylic acids is 1. The van der Waals surface area contributed by atoms with Crippen molar-refractivity contribution < 1.29 is 34.3 Å². The van der Waals surface area contributed by atoms with E-state index in [2.05, 4.69) is 11.9 Å². The Labute approximate surface area is 142 Å². The Kier molecular flexibility index (Phi) is 10.1. The zero-order valence-corrected chi connectivity index (χ0v) is 14.1. The maximum atomic E-state index is 11.3. The molecule has 0 radical (unpaired) electrons. The van der Waals surface area contributed by atoms with Crippen LogP contribution in [0.15, 0.2) is 12.7 Å². The standard InChI is InChI=1S/C16H29NO7/c1-3-7-22-8-5-4-6-9-23-16-13(17-11(2)19)15(21)14(20)12(10-18)24-16/h3,12-16,18,20-21H,1,4-10H2,2H3,(H,17,19)/t12-,13-,14-,15-,16?/m1/s1. The molecule has 0 aromatic rings. The first-order valence-corrected chi connectivity index (χ1v) is 8.21. The van der Waals surface area contributed by atoms with E-state index in [4.69, 9.17) is 14.2 Å². The van der Waals surface area contributed by atoms with Gasteiger partial charge in [0.25, 0.3) is 0 Å². The van der Waals surface area contributed by atoms with Crippen LogP contribution in [0.1, 0.15) is 26.2 Å². The molecule has 1 fully saturated rings. The van der Waals surface area contributed by atoms with Crippen LogP contribution in [-0.4, -0.2) is 78.3 Å². The summed E-state index contributed by atoms with van der Waals surface area (Å²) in [5.74, 6) is -0.370. The lowest BCUT2D eigenvalue weighted by atomic mass is 9.97. The molecular formula is C16H29NO7. The minimum atomic E-state index is -1.30. The van der Waals surface area contributed by atoms with Gasteiger partial charge < -0.3 is 34.8 Å². The maximum absolute atomic E-state index is 11.3. The average Bonchev–Trinajstić information content (AvgIpc) is 2.55. The number of rotatable bonds is 11. The molecule has 1 heterocycles. The summed E-state index contributed by atoms with van der Waals surface area (Å²) in [7, 11) is 0. The molecule has 1 rings (SSSR count). The highest BCUT2D eigenvalue weighted by molar-refractivity contribution is 5.73. The van der Waals surface area contributed by atoms with E-state index in [-0.39, 0.29) is 5.91 Å². The molecule has 0 aliphatic carbocycles. The summed E-state index contributed by atoms with van der Waals surface area (Å²) < 4.78 is 16.3. The number of hydrogen-bond donors (Lipinski definition) is 4. The van der Waals surface area contributed by atoms with Crippen LogP contribution in [0.2, 0.25) is 0 Å². The molecule has 0 aromatic carbocycles. The van der Waals surface area contributed by atoms with Crippen molar-refractivity contribution in [2.24, 2.45) is 0 Å². The van der Waals surface area contributed by atoms with Crippen LogP contribution >= 0.6 is 0 Å². The third kappa shape index (κ3) is 6.84. The van der Waals surface area contributed by atoms with E-state index in [1.54, 1.807) is 6.08 Å². The summed E-state index contributed by atoms with van der Waals surface area (Å²) in [6.45, 7) is 5.97. The van der Waals surface area contributed by atoms with Crippen LogP contribution in [-0.2, 0) is 19.0 Å². The minimum absolute atomic E-state index is 0.364. The van der Waals surface area contributed by atoms with Crippen molar-refractivity contribution in [2.45, 2.75) is 56.8 Å². The Balaban J connectivity index is 2.40. The monoisotopic (exact) mass is 347 g/mol. The topological polar surface area (TPSA) is 117 Å². The number of aliphatic hydroxyl groups is 3. The van der Waals surface area contributed by atoms with Gasteiger partial charge in [-0.05, 0) is 19.3 Å². The molecule has 4 N–H and O–H groups in total. The summed E-state index contributed by atoms with van der Waals surface area (Å²) in [5, 5.41) is 31.7. The van der Waals surface area contributed by atoms with E-state index >= 15 is 0 Å². The van der Waals surface area contributed by atoms with Gasteiger partial charge in [0.05, 0.1) is 13.2 Å². The number of ether oxygens (including phenoxy) is 3. The van der Waals surface area contributed by atoms with Crippen molar-refractivity contribution in [1.29, 1.82) is 0 Å². The highest BCUT2D eigenvalue weighted by Gasteiger charge is 2.45. The molecule has 0 bridgehead atoms. The smallest absolute Gasteiger partial charge is 0.217 e. The van der Waals surface area contributed by atoms with Gasteiger partial charge in [0.2, 0.25) is 5.91 Å². The molecular weight excluding hydrogens is 318 g/mol. The summed E-state index contributed by atoms with van der Waals surface area (Å²) in [6, 6.07) is -0.892. The first kappa shape index (κ1) is 21.0. The summed E-state index contributed by atoms with van der Waals surface area (Å²) in [4.78, 5) is 11.3. The molecule has 1 amide bonds. The van der Waals surface area contributed by atoms with Gasteiger partial charge in [0, 0.05) is 20.1 Å². The van der Waals surface area contributed by atoms with E-state index in [1.165, 1.54) is 6.92 Å². The van der Waals surface area contributed by atoms with Gasteiger partial charge in [0.15, 0.2) is 6.29 Å². The molecule has 1 aliphatic rings. The predicted molar refractivity (Wildman–Crippen MR) is 86.2 cm³/mol. The minimum Gasteiger partial charge on any atom is -0.394 e. The van der Waals surface area contributed by atoms with E-state index in [1.807, 2.05) is 0 Å². The molecule has 1 saturated heterocycles. The second-order valence-corrected chi connectivity index (χ2v) is 5.73. The molecule has 8 heteroatoms. The Morgan fingerprint density at radius 3 is 2.58 bits per heavy atom. The molecule has 5 atom stereocenters. The number of nitrogens with one attached hydrogen (secondary N) is 1. The zero-order valence-electron chi connectivity index (χ0n) is 14.1. The third-order valence-electron chi connectivity index (χ3n) is 3.70. The predicted octanol–water partition coefficient (Wildman–Crippen LogP) is -0.680.